The summed E-state index contributed by atoms with van der Waals surface area (Å²) in [5.41, 5.74) is -0.626. The zero-order valence-corrected chi connectivity index (χ0v) is 12.4. The number of carboxylic acid groups (broad SMARTS) is 1. The van der Waals surface area contributed by atoms with Crippen LogP contribution in [0.3, 0.4) is 0 Å². The second-order valence-corrected chi connectivity index (χ2v) is 5.92. The van der Waals surface area contributed by atoms with Gasteiger partial charge in [-0.05, 0) is 30.9 Å². The van der Waals surface area contributed by atoms with Crippen LogP contribution in [0.15, 0.2) is 0 Å². The molecular formula is C14H25ClO3. The van der Waals surface area contributed by atoms with E-state index in [0.29, 0.717) is 19.3 Å². The summed E-state index contributed by atoms with van der Waals surface area (Å²) < 4.78 is 0. The Kier molecular flexibility index (Phi) is 8.25. The van der Waals surface area contributed by atoms with E-state index in [9.17, 15) is 9.59 Å². The van der Waals surface area contributed by atoms with E-state index in [1.165, 1.54) is 0 Å². The van der Waals surface area contributed by atoms with E-state index in [-0.39, 0.29) is 5.92 Å². The second-order valence-electron chi connectivity index (χ2n) is 5.58. The Morgan fingerprint density at radius 2 is 1.78 bits per heavy atom. The SMILES string of the molecule is CCCCCCC(CCC(C)(C)C(=O)Cl)C(=O)O. The van der Waals surface area contributed by atoms with Crippen LogP contribution in [0.4, 0.5) is 0 Å². The van der Waals surface area contributed by atoms with Gasteiger partial charge in [0.05, 0.1) is 5.92 Å². The molecule has 0 aliphatic heterocycles. The van der Waals surface area contributed by atoms with Gasteiger partial charge in [-0.1, -0.05) is 46.5 Å². The van der Waals surface area contributed by atoms with Gasteiger partial charge in [-0.3, -0.25) is 9.59 Å². The zero-order valence-electron chi connectivity index (χ0n) is 11.7. The average Bonchev–Trinajstić information content (AvgIpc) is 2.27. The monoisotopic (exact) mass is 276 g/mol. The molecule has 1 N–H and O–H groups in total. The number of unbranched alkanes of at least 4 members (excludes halogenated alkanes) is 3. The maximum absolute atomic E-state index is 11.2. The molecule has 106 valence electrons. The van der Waals surface area contributed by atoms with E-state index in [1.807, 2.05) is 0 Å². The molecular weight excluding hydrogens is 252 g/mol. The van der Waals surface area contributed by atoms with Crippen LogP contribution in [0.2, 0.25) is 0 Å². The van der Waals surface area contributed by atoms with Crippen LogP contribution in [-0.2, 0) is 9.59 Å². The molecule has 0 spiro atoms. The lowest BCUT2D eigenvalue weighted by Gasteiger charge is -2.21. The molecule has 0 aromatic heterocycles. The third kappa shape index (κ3) is 7.00. The number of halogens is 1. The molecule has 0 bridgehead atoms. The van der Waals surface area contributed by atoms with Gasteiger partial charge in [0.1, 0.15) is 0 Å². The third-order valence-corrected chi connectivity index (χ3v) is 3.92. The predicted molar refractivity (Wildman–Crippen MR) is 73.8 cm³/mol. The van der Waals surface area contributed by atoms with Gasteiger partial charge < -0.3 is 5.11 Å². The van der Waals surface area contributed by atoms with E-state index in [0.717, 1.165) is 25.7 Å². The molecule has 0 saturated heterocycles. The fourth-order valence-corrected chi connectivity index (χ4v) is 1.94. The molecule has 0 amide bonds. The second kappa shape index (κ2) is 8.52. The lowest BCUT2D eigenvalue weighted by atomic mass is 9.84. The molecule has 1 atom stereocenters. The summed E-state index contributed by atoms with van der Waals surface area (Å²) in [6.45, 7) is 5.65. The van der Waals surface area contributed by atoms with Gasteiger partial charge in [0, 0.05) is 5.41 Å². The number of hydrogen-bond acceptors (Lipinski definition) is 2. The standard InChI is InChI=1S/C14H25ClO3/c1-4-5-6-7-8-11(12(16)17)9-10-14(2,3)13(15)18/h11H,4-10H2,1-3H3,(H,16,17). The van der Waals surface area contributed by atoms with Crippen LogP contribution < -0.4 is 0 Å². The van der Waals surface area contributed by atoms with Crippen molar-refractivity contribution in [3.63, 3.8) is 0 Å². The van der Waals surface area contributed by atoms with Gasteiger partial charge in [0.15, 0.2) is 0 Å². The van der Waals surface area contributed by atoms with E-state index >= 15 is 0 Å². The molecule has 4 heteroatoms. The van der Waals surface area contributed by atoms with Crippen molar-refractivity contribution in [2.45, 2.75) is 65.7 Å². The van der Waals surface area contributed by atoms with E-state index in [2.05, 4.69) is 6.92 Å². The summed E-state index contributed by atoms with van der Waals surface area (Å²) in [6.07, 6.45) is 6.07. The lowest BCUT2D eigenvalue weighted by Crippen LogP contribution is -2.23. The van der Waals surface area contributed by atoms with Gasteiger partial charge >= 0.3 is 5.97 Å². The van der Waals surface area contributed by atoms with Crippen LogP contribution in [0, 0.1) is 11.3 Å². The average molecular weight is 277 g/mol. The molecule has 0 aliphatic carbocycles. The maximum Gasteiger partial charge on any atom is 0.306 e. The minimum Gasteiger partial charge on any atom is -0.481 e. The first-order chi connectivity index (χ1) is 8.31. The first-order valence-corrected chi connectivity index (χ1v) is 7.11. The summed E-state index contributed by atoms with van der Waals surface area (Å²) in [5.74, 6) is -1.11. The first-order valence-electron chi connectivity index (χ1n) is 6.74. The smallest absolute Gasteiger partial charge is 0.306 e. The van der Waals surface area contributed by atoms with E-state index < -0.39 is 16.6 Å². The first kappa shape index (κ1) is 17.4. The largest absolute Gasteiger partial charge is 0.481 e. The topological polar surface area (TPSA) is 54.4 Å². The van der Waals surface area contributed by atoms with Gasteiger partial charge in [0.2, 0.25) is 5.24 Å². The Morgan fingerprint density at radius 1 is 1.17 bits per heavy atom. The minimum atomic E-state index is -0.760. The van der Waals surface area contributed by atoms with Crippen LogP contribution >= 0.6 is 11.6 Å². The highest BCUT2D eigenvalue weighted by atomic mass is 35.5. The number of rotatable bonds is 10. The van der Waals surface area contributed by atoms with Crippen LogP contribution in [0.25, 0.3) is 0 Å². The Balaban J connectivity index is 4.13. The van der Waals surface area contributed by atoms with Crippen molar-refractivity contribution in [2.75, 3.05) is 0 Å². The molecule has 0 aromatic rings. The van der Waals surface area contributed by atoms with Crippen molar-refractivity contribution >= 4 is 22.8 Å². The van der Waals surface area contributed by atoms with Crippen LogP contribution in [-0.4, -0.2) is 16.3 Å². The molecule has 0 fully saturated rings. The zero-order chi connectivity index (χ0) is 14.2. The summed E-state index contributed by atoms with van der Waals surface area (Å²) in [5, 5.41) is 8.76. The van der Waals surface area contributed by atoms with Gasteiger partial charge in [0.25, 0.3) is 0 Å². The van der Waals surface area contributed by atoms with Crippen LogP contribution in [0.5, 0.6) is 0 Å². The molecule has 3 nitrogen and oxygen atoms in total. The van der Waals surface area contributed by atoms with E-state index in [4.69, 9.17) is 16.7 Å². The van der Waals surface area contributed by atoms with Gasteiger partial charge in [-0.25, -0.2) is 0 Å². The Hall–Kier alpha value is -0.570. The van der Waals surface area contributed by atoms with Gasteiger partial charge in [-0.2, -0.15) is 0 Å². The normalized spacial score (nSPS) is 13.3. The fourth-order valence-electron chi connectivity index (χ4n) is 1.84. The number of hydrogen-bond donors (Lipinski definition) is 1. The highest BCUT2D eigenvalue weighted by Crippen LogP contribution is 2.29. The predicted octanol–water partition coefficient (Wildman–Crippen LogP) is 4.23. The molecule has 0 radical (unpaired) electrons. The summed E-state index contributed by atoms with van der Waals surface area (Å²) >= 11 is 5.49. The molecule has 1 unspecified atom stereocenters. The molecule has 0 aliphatic rings. The number of carbonyl (C=O) groups is 2. The minimum absolute atomic E-state index is 0.350. The maximum atomic E-state index is 11.2. The quantitative estimate of drug-likeness (QED) is 0.480. The fraction of sp³-hybridized carbons (Fsp3) is 0.857. The summed E-state index contributed by atoms with van der Waals surface area (Å²) in [6, 6.07) is 0. The highest BCUT2D eigenvalue weighted by molar-refractivity contribution is 6.64. The lowest BCUT2D eigenvalue weighted by molar-refractivity contribution is -0.142. The summed E-state index contributed by atoms with van der Waals surface area (Å²) in [4.78, 5) is 22.3. The highest BCUT2D eigenvalue weighted by Gasteiger charge is 2.28. The van der Waals surface area contributed by atoms with Crippen molar-refractivity contribution in [1.29, 1.82) is 0 Å². The third-order valence-electron chi connectivity index (χ3n) is 3.41. The van der Waals surface area contributed by atoms with Crippen molar-refractivity contribution in [3.8, 4) is 0 Å². The molecule has 0 aromatic carbocycles. The Morgan fingerprint density at radius 3 is 2.22 bits per heavy atom. The van der Waals surface area contributed by atoms with Crippen molar-refractivity contribution in [3.05, 3.63) is 0 Å². The number of aliphatic carboxylic acids is 1. The van der Waals surface area contributed by atoms with Crippen molar-refractivity contribution < 1.29 is 14.7 Å². The van der Waals surface area contributed by atoms with Crippen LogP contribution in [0.1, 0.15) is 65.7 Å². The van der Waals surface area contributed by atoms with Crippen molar-refractivity contribution in [2.24, 2.45) is 11.3 Å². The molecule has 18 heavy (non-hydrogen) atoms. The molecule has 0 saturated carbocycles. The molecule has 0 rings (SSSR count). The number of carbonyl (C=O) groups excluding carboxylic acids is 1. The van der Waals surface area contributed by atoms with Gasteiger partial charge in [-0.15, -0.1) is 0 Å². The Bertz CT molecular complexity index is 274. The van der Waals surface area contributed by atoms with E-state index in [1.54, 1.807) is 13.8 Å². The Labute approximate surface area is 115 Å². The summed E-state index contributed by atoms with van der Waals surface area (Å²) in [7, 11) is 0. The van der Waals surface area contributed by atoms with Crippen molar-refractivity contribution in [1.82, 2.24) is 0 Å². The molecule has 0 heterocycles. The number of carboxylic acids is 1.